The minimum absolute atomic E-state index is 0.238. The number of fused-ring (bicyclic) bond motifs is 1. The summed E-state index contributed by atoms with van der Waals surface area (Å²) in [4.78, 5) is 0. The van der Waals surface area contributed by atoms with Crippen molar-refractivity contribution in [3.63, 3.8) is 0 Å². The summed E-state index contributed by atoms with van der Waals surface area (Å²) in [6.07, 6.45) is -1.29. The quantitative estimate of drug-likeness (QED) is 0.921. The molecule has 0 spiro atoms. The number of rotatable bonds is 3. The third-order valence-corrected chi connectivity index (χ3v) is 3.18. The summed E-state index contributed by atoms with van der Waals surface area (Å²) in [5.41, 5.74) is 0.317. The van der Waals surface area contributed by atoms with Crippen LogP contribution in [0.1, 0.15) is 32.6 Å². The lowest BCUT2D eigenvalue weighted by molar-refractivity contribution is -0.0793. The van der Waals surface area contributed by atoms with E-state index in [9.17, 15) is 9.50 Å². The van der Waals surface area contributed by atoms with E-state index < -0.39 is 12.2 Å². The number of furan rings is 1. The lowest BCUT2D eigenvalue weighted by atomic mass is 9.85. The average molecular weight is 266 g/mol. The number of benzene rings is 1. The van der Waals surface area contributed by atoms with Gasteiger partial charge in [0, 0.05) is 12.5 Å². The number of hydrogen-bond donors (Lipinski definition) is 1. The molecule has 2 rings (SSSR count). The highest BCUT2D eigenvalue weighted by Crippen LogP contribution is 2.34. The average Bonchev–Trinajstić information content (AvgIpc) is 2.70. The van der Waals surface area contributed by atoms with Crippen LogP contribution in [0.5, 0.6) is 0 Å². The number of aliphatic hydroxyl groups excluding tert-OH is 1. The second kappa shape index (κ2) is 4.94. The summed E-state index contributed by atoms with van der Waals surface area (Å²) in [5, 5.41) is 11.0. The molecule has 0 aliphatic carbocycles. The minimum atomic E-state index is -0.888. The SMILES string of the molecule is COC(C(O)c1cc2cc(F)ccc2o1)C(C)(C)C. The van der Waals surface area contributed by atoms with Crippen molar-refractivity contribution in [3.05, 3.63) is 35.8 Å². The maximum atomic E-state index is 13.1. The van der Waals surface area contributed by atoms with Gasteiger partial charge in [0.1, 0.15) is 23.3 Å². The van der Waals surface area contributed by atoms with Crippen LogP contribution >= 0.6 is 0 Å². The highest BCUT2D eigenvalue weighted by Gasteiger charge is 2.34. The number of hydrogen-bond acceptors (Lipinski definition) is 3. The predicted octanol–water partition coefficient (Wildman–Crippen LogP) is 3.67. The molecule has 2 aromatic rings. The molecule has 2 unspecified atom stereocenters. The predicted molar refractivity (Wildman–Crippen MR) is 71.4 cm³/mol. The lowest BCUT2D eigenvalue weighted by Crippen LogP contribution is -2.34. The molecule has 0 fully saturated rings. The first-order chi connectivity index (χ1) is 8.82. The molecule has 0 aliphatic heterocycles. The monoisotopic (exact) mass is 266 g/mol. The van der Waals surface area contributed by atoms with E-state index in [4.69, 9.17) is 9.15 Å². The van der Waals surface area contributed by atoms with Crippen LogP contribution in [0.2, 0.25) is 0 Å². The van der Waals surface area contributed by atoms with Gasteiger partial charge in [0.2, 0.25) is 0 Å². The molecule has 3 nitrogen and oxygen atoms in total. The van der Waals surface area contributed by atoms with Gasteiger partial charge >= 0.3 is 0 Å². The van der Waals surface area contributed by atoms with E-state index in [0.29, 0.717) is 16.7 Å². The van der Waals surface area contributed by atoms with Crippen LogP contribution in [0.4, 0.5) is 4.39 Å². The summed E-state index contributed by atoms with van der Waals surface area (Å²) >= 11 is 0. The molecule has 0 bridgehead atoms. The Kier molecular flexibility index (Phi) is 3.65. The molecular weight excluding hydrogens is 247 g/mol. The number of ether oxygens (including phenoxy) is 1. The molecule has 4 heteroatoms. The molecule has 0 saturated heterocycles. The van der Waals surface area contributed by atoms with Gasteiger partial charge in [-0.05, 0) is 29.7 Å². The first-order valence-corrected chi connectivity index (χ1v) is 6.23. The van der Waals surface area contributed by atoms with Crippen molar-refractivity contribution in [2.24, 2.45) is 5.41 Å². The first-order valence-electron chi connectivity index (χ1n) is 6.23. The van der Waals surface area contributed by atoms with Crippen LogP contribution < -0.4 is 0 Å². The van der Waals surface area contributed by atoms with Gasteiger partial charge in [0.05, 0.1) is 6.10 Å². The second-order valence-corrected chi connectivity index (χ2v) is 5.80. The number of halogens is 1. The Bertz CT molecular complexity index is 568. The first kappa shape index (κ1) is 14.0. The van der Waals surface area contributed by atoms with Gasteiger partial charge < -0.3 is 14.3 Å². The molecular formula is C15H19FO3. The number of methoxy groups -OCH3 is 1. The highest BCUT2D eigenvalue weighted by atomic mass is 19.1. The lowest BCUT2D eigenvalue weighted by Gasteiger charge is -2.32. The van der Waals surface area contributed by atoms with Gasteiger partial charge in [-0.2, -0.15) is 0 Å². The van der Waals surface area contributed by atoms with Crippen LogP contribution in [0, 0.1) is 11.2 Å². The minimum Gasteiger partial charge on any atom is -0.458 e. The Labute approximate surface area is 112 Å². The maximum Gasteiger partial charge on any atom is 0.138 e. The van der Waals surface area contributed by atoms with Crippen LogP contribution in [-0.4, -0.2) is 18.3 Å². The zero-order chi connectivity index (χ0) is 14.2. The summed E-state index contributed by atoms with van der Waals surface area (Å²) in [6, 6.07) is 5.92. The van der Waals surface area contributed by atoms with Crippen LogP contribution in [0.3, 0.4) is 0 Å². The molecule has 1 N–H and O–H groups in total. The van der Waals surface area contributed by atoms with Gasteiger partial charge in [0.25, 0.3) is 0 Å². The standard InChI is InChI=1S/C15H19FO3/c1-15(2,3)14(18-4)13(17)12-8-9-7-10(16)5-6-11(9)19-12/h5-8,13-14,17H,1-4H3. The van der Waals surface area contributed by atoms with Crippen molar-refractivity contribution in [2.75, 3.05) is 7.11 Å². The van der Waals surface area contributed by atoms with Crippen LogP contribution in [-0.2, 0) is 4.74 Å². The third-order valence-electron chi connectivity index (χ3n) is 3.18. The van der Waals surface area contributed by atoms with E-state index in [-0.39, 0.29) is 11.2 Å². The number of aliphatic hydroxyl groups is 1. The summed E-state index contributed by atoms with van der Waals surface area (Å²) in [7, 11) is 1.56. The molecule has 1 aromatic carbocycles. The van der Waals surface area contributed by atoms with Gasteiger partial charge in [-0.15, -0.1) is 0 Å². The van der Waals surface area contributed by atoms with E-state index in [0.717, 1.165) is 0 Å². The molecule has 0 aliphatic rings. The van der Waals surface area contributed by atoms with Crippen molar-refractivity contribution in [2.45, 2.75) is 33.0 Å². The summed E-state index contributed by atoms with van der Waals surface area (Å²) < 4.78 is 24.1. The van der Waals surface area contributed by atoms with Crippen LogP contribution in [0.15, 0.2) is 28.7 Å². The van der Waals surface area contributed by atoms with Crippen LogP contribution in [0.25, 0.3) is 11.0 Å². The van der Waals surface area contributed by atoms with E-state index in [1.165, 1.54) is 12.1 Å². The summed E-state index contributed by atoms with van der Waals surface area (Å²) in [6.45, 7) is 5.94. The molecule has 0 saturated carbocycles. The van der Waals surface area contributed by atoms with Gasteiger partial charge in [-0.25, -0.2) is 4.39 Å². The normalized spacial score (nSPS) is 15.7. The fourth-order valence-electron chi connectivity index (χ4n) is 2.29. The fraction of sp³-hybridized carbons (Fsp3) is 0.467. The molecule has 19 heavy (non-hydrogen) atoms. The molecule has 0 radical (unpaired) electrons. The van der Waals surface area contributed by atoms with Crippen molar-refractivity contribution in [1.29, 1.82) is 0 Å². The van der Waals surface area contributed by atoms with Gasteiger partial charge in [0.15, 0.2) is 0 Å². The second-order valence-electron chi connectivity index (χ2n) is 5.80. The Morgan fingerprint density at radius 3 is 2.53 bits per heavy atom. The Morgan fingerprint density at radius 1 is 1.26 bits per heavy atom. The zero-order valence-electron chi connectivity index (χ0n) is 11.6. The fourth-order valence-corrected chi connectivity index (χ4v) is 2.29. The smallest absolute Gasteiger partial charge is 0.138 e. The van der Waals surface area contributed by atoms with Crippen molar-refractivity contribution in [3.8, 4) is 0 Å². The highest BCUT2D eigenvalue weighted by molar-refractivity contribution is 5.77. The maximum absolute atomic E-state index is 13.1. The van der Waals surface area contributed by atoms with E-state index in [2.05, 4.69) is 0 Å². The molecule has 1 heterocycles. The van der Waals surface area contributed by atoms with Crippen molar-refractivity contribution in [1.82, 2.24) is 0 Å². The zero-order valence-corrected chi connectivity index (χ0v) is 11.6. The topological polar surface area (TPSA) is 42.6 Å². The Balaban J connectivity index is 2.38. The Hall–Kier alpha value is -1.39. The van der Waals surface area contributed by atoms with Crippen molar-refractivity contribution < 1.29 is 18.7 Å². The van der Waals surface area contributed by atoms with E-state index in [1.54, 1.807) is 19.2 Å². The molecule has 2 atom stereocenters. The molecule has 1 aromatic heterocycles. The third kappa shape index (κ3) is 2.80. The van der Waals surface area contributed by atoms with E-state index >= 15 is 0 Å². The largest absolute Gasteiger partial charge is 0.458 e. The molecule has 0 amide bonds. The van der Waals surface area contributed by atoms with Crippen molar-refractivity contribution >= 4 is 11.0 Å². The van der Waals surface area contributed by atoms with E-state index in [1.807, 2.05) is 20.8 Å². The summed E-state index contributed by atoms with van der Waals surface area (Å²) in [5.74, 6) is 0.0656. The van der Waals surface area contributed by atoms with Gasteiger partial charge in [-0.3, -0.25) is 0 Å². The van der Waals surface area contributed by atoms with Gasteiger partial charge in [-0.1, -0.05) is 20.8 Å². The molecule has 104 valence electrons. The Morgan fingerprint density at radius 2 is 1.95 bits per heavy atom.